The van der Waals surface area contributed by atoms with Gasteiger partial charge in [-0.25, -0.2) is 0 Å². The van der Waals surface area contributed by atoms with E-state index in [2.05, 4.69) is 0 Å². The van der Waals surface area contributed by atoms with Crippen molar-refractivity contribution in [1.29, 1.82) is 5.41 Å². The molecule has 1 unspecified atom stereocenters. The van der Waals surface area contributed by atoms with Crippen LogP contribution in [0.15, 0.2) is 41.8 Å². The summed E-state index contributed by atoms with van der Waals surface area (Å²) in [5.41, 5.74) is 1.06. The van der Waals surface area contributed by atoms with Gasteiger partial charge in [0.25, 0.3) is 0 Å². The maximum absolute atomic E-state index is 11.2. The fourth-order valence-corrected chi connectivity index (χ4v) is 3.17. The van der Waals surface area contributed by atoms with Crippen molar-refractivity contribution < 1.29 is 4.79 Å². The van der Waals surface area contributed by atoms with E-state index in [1.165, 1.54) is 0 Å². The van der Waals surface area contributed by atoms with Crippen molar-refractivity contribution in [2.24, 2.45) is 0 Å². The smallest absolute Gasteiger partial charge is 0.231 e. The van der Waals surface area contributed by atoms with Crippen LogP contribution in [0.4, 0.5) is 5.69 Å². The molecule has 5 heteroatoms. The van der Waals surface area contributed by atoms with E-state index in [-0.39, 0.29) is 10.5 Å². The van der Waals surface area contributed by atoms with Crippen LogP contribution in [0, 0.1) is 5.41 Å². The Morgan fingerprint density at radius 2 is 2.19 bits per heavy atom. The molecule has 0 amide bonds. The molecule has 1 atom stereocenters. The van der Waals surface area contributed by atoms with Crippen molar-refractivity contribution in [3.05, 3.63) is 41.8 Å². The summed E-state index contributed by atoms with van der Waals surface area (Å²) >= 11 is 2.71. The quantitative estimate of drug-likeness (QED) is 0.661. The number of nitrogens with one attached hydrogen (secondary N) is 1. The highest BCUT2D eigenvalue weighted by atomic mass is 32.2. The van der Waals surface area contributed by atoms with Crippen molar-refractivity contribution in [2.45, 2.75) is 5.37 Å². The molecule has 0 aliphatic carbocycles. The van der Waals surface area contributed by atoms with Crippen LogP contribution in [0.5, 0.6) is 0 Å². The summed E-state index contributed by atoms with van der Waals surface area (Å²) in [5, 5.41) is 8.61. The molecule has 0 saturated carbocycles. The number of anilines is 1. The van der Waals surface area contributed by atoms with Gasteiger partial charge in [0.2, 0.25) is 5.12 Å². The summed E-state index contributed by atoms with van der Waals surface area (Å²) in [6, 6.07) is 9.90. The summed E-state index contributed by atoms with van der Waals surface area (Å²) in [6.07, 6.45) is 2.81. The molecule has 0 bridgehead atoms. The molecule has 2 rings (SSSR count). The predicted octanol–water partition coefficient (Wildman–Crippen LogP) is 2.90. The van der Waals surface area contributed by atoms with Crippen molar-refractivity contribution >= 4 is 40.7 Å². The van der Waals surface area contributed by atoms with Gasteiger partial charge in [-0.1, -0.05) is 30.0 Å². The minimum atomic E-state index is -0.224. The van der Waals surface area contributed by atoms with E-state index >= 15 is 0 Å². The Labute approximate surface area is 103 Å². The van der Waals surface area contributed by atoms with Gasteiger partial charge in [-0.2, -0.15) is 0 Å². The average Bonchev–Trinajstić information content (AvgIpc) is 2.78. The molecule has 0 spiro atoms. The number of thioether (sulfide) groups is 1. The van der Waals surface area contributed by atoms with Crippen LogP contribution in [0.3, 0.4) is 0 Å². The van der Waals surface area contributed by atoms with E-state index in [1.807, 2.05) is 46.1 Å². The molecule has 3 nitrogen and oxygen atoms in total. The highest BCUT2D eigenvalue weighted by molar-refractivity contribution is 8.17. The Morgan fingerprint density at radius 1 is 1.44 bits per heavy atom. The van der Waals surface area contributed by atoms with Crippen LogP contribution in [-0.4, -0.2) is 16.7 Å². The Kier molecular flexibility index (Phi) is 3.69. The van der Waals surface area contributed by atoms with E-state index in [4.69, 9.17) is 5.41 Å². The van der Waals surface area contributed by atoms with Crippen LogP contribution < -0.4 is 4.31 Å². The fraction of sp³-hybridized carbons (Fsp3) is 0.0909. The van der Waals surface area contributed by atoms with Crippen molar-refractivity contribution in [1.82, 2.24) is 0 Å². The number of benzene rings is 1. The van der Waals surface area contributed by atoms with Crippen molar-refractivity contribution in [3.63, 3.8) is 0 Å². The van der Waals surface area contributed by atoms with Gasteiger partial charge in [0.15, 0.2) is 0 Å². The molecule has 1 aliphatic rings. The molecule has 0 saturated heterocycles. The summed E-state index contributed by atoms with van der Waals surface area (Å²) in [4.78, 5) is 11.2. The number of carbonyl (C=O) groups is 1. The first-order valence-electron chi connectivity index (χ1n) is 4.70. The van der Waals surface area contributed by atoms with Crippen molar-refractivity contribution in [3.8, 4) is 0 Å². The summed E-state index contributed by atoms with van der Waals surface area (Å²) in [7, 11) is 0. The molecule has 1 aliphatic heterocycles. The fourth-order valence-electron chi connectivity index (χ4n) is 1.33. The number of hydrogen-bond acceptors (Lipinski definition) is 5. The molecule has 82 valence electrons. The lowest BCUT2D eigenvalue weighted by Gasteiger charge is -2.23. The normalized spacial score (nSPS) is 18.8. The van der Waals surface area contributed by atoms with Gasteiger partial charge in [-0.15, -0.1) is 0 Å². The molecule has 0 radical (unpaired) electrons. The van der Waals surface area contributed by atoms with Crippen LogP contribution in [0.1, 0.15) is 0 Å². The second kappa shape index (κ2) is 5.23. The Morgan fingerprint density at radius 3 is 2.88 bits per heavy atom. The lowest BCUT2D eigenvalue weighted by Crippen LogP contribution is -2.22. The maximum atomic E-state index is 11.2. The third-order valence-electron chi connectivity index (χ3n) is 2.01. The van der Waals surface area contributed by atoms with Crippen molar-refractivity contribution in [2.75, 3.05) is 4.31 Å². The van der Waals surface area contributed by atoms with Gasteiger partial charge in [0.05, 0.1) is 6.21 Å². The van der Waals surface area contributed by atoms with Gasteiger partial charge >= 0.3 is 0 Å². The van der Waals surface area contributed by atoms with E-state index in [0.717, 1.165) is 23.7 Å². The second-order valence-corrected chi connectivity index (χ2v) is 5.06. The van der Waals surface area contributed by atoms with Gasteiger partial charge in [-0.3, -0.25) is 9.10 Å². The molecular weight excluding hydrogens is 240 g/mol. The molecular formula is C11H10N2OS2. The summed E-state index contributed by atoms with van der Waals surface area (Å²) in [5.74, 6) is 0. The molecule has 1 aromatic rings. The van der Waals surface area contributed by atoms with E-state index in [1.54, 1.807) is 11.9 Å². The Hall–Kier alpha value is -1.20. The number of hydrogen-bond donors (Lipinski definition) is 1. The predicted molar refractivity (Wildman–Crippen MR) is 70.8 cm³/mol. The molecule has 0 aromatic heterocycles. The summed E-state index contributed by atoms with van der Waals surface area (Å²) < 4.78 is 2.05. The third-order valence-corrected chi connectivity index (χ3v) is 4.05. The topological polar surface area (TPSA) is 44.2 Å². The SMILES string of the molecule is N=CC(=O)SC1C=CSN1c1ccccc1. The van der Waals surface area contributed by atoms with E-state index in [9.17, 15) is 4.79 Å². The van der Waals surface area contributed by atoms with Gasteiger partial charge < -0.3 is 5.41 Å². The third kappa shape index (κ3) is 2.48. The zero-order chi connectivity index (χ0) is 11.4. The van der Waals surface area contributed by atoms with Crippen LogP contribution in [0.25, 0.3) is 0 Å². The van der Waals surface area contributed by atoms with Gasteiger partial charge in [-0.05, 0) is 35.6 Å². The highest BCUT2D eigenvalue weighted by Crippen LogP contribution is 2.36. The van der Waals surface area contributed by atoms with Crippen LogP contribution in [0.2, 0.25) is 0 Å². The molecule has 1 aromatic carbocycles. The van der Waals surface area contributed by atoms with Gasteiger partial charge in [0.1, 0.15) is 5.37 Å². The molecule has 1 heterocycles. The summed E-state index contributed by atoms with van der Waals surface area (Å²) in [6.45, 7) is 0. The number of nitrogens with zero attached hydrogens (tertiary/aromatic N) is 1. The minimum Gasteiger partial charge on any atom is -0.304 e. The largest absolute Gasteiger partial charge is 0.304 e. The zero-order valence-electron chi connectivity index (χ0n) is 8.37. The number of rotatable bonds is 3. The Balaban J connectivity index is 2.11. The van der Waals surface area contributed by atoms with E-state index in [0.29, 0.717) is 0 Å². The van der Waals surface area contributed by atoms with Crippen LogP contribution >= 0.6 is 23.7 Å². The zero-order valence-corrected chi connectivity index (χ0v) is 10.0. The number of para-hydroxylation sites is 1. The van der Waals surface area contributed by atoms with Gasteiger partial charge in [0, 0.05) is 5.69 Å². The average molecular weight is 250 g/mol. The highest BCUT2D eigenvalue weighted by Gasteiger charge is 2.23. The number of carbonyl (C=O) groups excluding carboxylic acids is 1. The second-order valence-electron chi connectivity index (χ2n) is 3.07. The maximum Gasteiger partial charge on any atom is 0.231 e. The lowest BCUT2D eigenvalue weighted by molar-refractivity contribution is -0.105. The molecule has 1 N–H and O–H groups in total. The van der Waals surface area contributed by atoms with Crippen LogP contribution in [-0.2, 0) is 4.79 Å². The first kappa shape index (κ1) is 11.3. The lowest BCUT2D eigenvalue weighted by atomic mass is 10.3. The molecule has 16 heavy (non-hydrogen) atoms. The molecule has 0 fully saturated rings. The monoisotopic (exact) mass is 250 g/mol. The van der Waals surface area contributed by atoms with E-state index < -0.39 is 0 Å². The standard InChI is InChI=1S/C11H10N2OS2/c12-8-11(14)16-10-6-7-15-13(10)9-4-2-1-3-5-9/h1-8,10,12H. The Bertz CT molecular complexity index is 419. The minimum absolute atomic E-state index is 0.0264. The first-order valence-corrected chi connectivity index (χ1v) is 6.41. The first-order chi connectivity index (χ1) is 7.81.